The molecule has 2 heterocycles. The van der Waals surface area contributed by atoms with Gasteiger partial charge < -0.3 is 10.6 Å². The van der Waals surface area contributed by atoms with E-state index in [0.29, 0.717) is 6.54 Å². The van der Waals surface area contributed by atoms with Crippen molar-refractivity contribution in [2.24, 2.45) is 4.99 Å². The monoisotopic (exact) mass is 326 g/mol. The van der Waals surface area contributed by atoms with Gasteiger partial charge in [-0.2, -0.15) is 5.10 Å². The summed E-state index contributed by atoms with van der Waals surface area (Å²) in [6.07, 6.45) is 1.51. The average Bonchev–Trinajstić information content (AvgIpc) is 3.29. The lowest BCUT2D eigenvalue weighted by Gasteiger charge is -2.11. The number of H-pyrrole nitrogens is 1. The molecule has 118 valence electrons. The van der Waals surface area contributed by atoms with Gasteiger partial charge >= 0.3 is 0 Å². The molecule has 0 amide bonds. The topological polar surface area (TPSA) is 78.0 Å². The number of aliphatic imine (C=N–C) groups is 1. The van der Waals surface area contributed by atoms with E-state index < -0.39 is 0 Å². The number of hydrogen-bond donors (Lipinski definition) is 3. The van der Waals surface area contributed by atoms with Crippen molar-refractivity contribution >= 4 is 17.3 Å². The van der Waals surface area contributed by atoms with Crippen LogP contribution in [-0.2, 0) is 13.1 Å². The minimum Gasteiger partial charge on any atom is -0.352 e. The number of thiophene rings is 1. The second kappa shape index (κ2) is 7.55. The smallest absolute Gasteiger partial charge is 0.191 e. The molecule has 3 rings (SSSR count). The molecule has 23 heavy (non-hydrogen) atoms. The highest BCUT2D eigenvalue weighted by Crippen LogP contribution is 2.15. The van der Waals surface area contributed by atoms with E-state index in [1.165, 1.54) is 11.2 Å². The second-order valence-electron chi connectivity index (χ2n) is 4.89. The largest absolute Gasteiger partial charge is 0.352 e. The van der Waals surface area contributed by atoms with Gasteiger partial charge in [-0.1, -0.05) is 24.3 Å². The van der Waals surface area contributed by atoms with E-state index in [-0.39, 0.29) is 0 Å². The van der Waals surface area contributed by atoms with Crippen molar-refractivity contribution in [2.45, 2.75) is 13.1 Å². The molecule has 0 radical (unpaired) electrons. The van der Waals surface area contributed by atoms with Crippen molar-refractivity contribution in [1.29, 1.82) is 0 Å². The highest BCUT2D eigenvalue weighted by atomic mass is 32.1. The second-order valence-corrected chi connectivity index (χ2v) is 5.93. The van der Waals surface area contributed by atoms with Crippen LogP contribution in [0.5, 0.6) is 0 Å². The molecule has 0 atom stereocenters. The summed E-state index contributed by atoms with van der Waals surface area (Å²) < 4.78 is 0. The van der Waals surface area contributed by atoms with Crippen LogP contribution in [0, 0.1) is 0 Å². The molecule has 6 nitrogen and oxygen atoms in total. The Morgan fingerprint density at radius 2 is 2.13 bits per heavy atom. The van der Waals surface area contributed by atoms with Crippen LogP contribution in [0.3, 0.4) is 0 Å². The van der Waals surface area contributed by atoms with Gasteiger partial charge in [0.1, 0.15) is 6.33 Å². The van der Waals surface area contributed by atoms with Crippen LogP contribution in [0.25, 0.3) is 11.4 Å². The van der Waals surface area contributed by atoms with Crippen LogP contribution in [0.2, 0.25) is 0 Å². The summed E-state index contributed by atoms with van der Waals surface area (Å²) in [6.45, 7) is 1.46. The third kappa shape index (κ3) is 4.17. The third-order valence-corrected chi connectivity index (χ3v) is 4.19. The van der Waals surface area contributed by atoms with Crippen LogP contribution in [0.4, 0.5) is 0 Å². The lowest BCUT2D eigenvalue weighted by Crippen LogP contribution is -2.36. The molecule has 3 aromatic rings. The molecule has 1 aromatic carbocycles. The van der Waals surface area contributed by atoms with Gasteiger partial charge in [-0.25, -0.2) is 4.98 Å². The van der Waals surface area contributed by atoms with E-state index >= 15 is 0 Å². The van der Waals surface area contributed by atoms with E-state index in [1.807, 2.05) is 18.2 Å². The van der Waals surface area contributed by atoms with E-state index in [1.54, 1.807) is 18.4 Å². The van der Waals surface area contributed by atoms with E-state index in [9.17, 15) is 0 Å². The molecule has 2 aromatic heterocycles. The van der Waals surface area contributed by atoms with Crippen molar-refractivity contribution in [3.05, 3.63) is 58.5 Å². The van der Waals surface area contributed by atoms with Crippen molar-refractivity contribution in [3.8, 4) is 11.4 Å². The fraction of sp³-hybridized carbons (Fsp3) is 0.188. The lowest BCUT2D eigenvalue weighted by atomic mass is 10.1. The molecule has 7 heteroatoms. The minimum atomic E-state index is 0.687. The molecule has 0 saturated carbocycles. The number of rotatable bonds is 5. The molecule has 0 aliphatic carbocycles. The van der Waals surface area contributed by atoms with Crippen LogP contribution in [-0.4, -0.2) is 28.2 Å². The Kier molecular flexibility index (Phi) is 5.00. The first-order valence-electron chi connectivity index (χ1n) is 7.27. The average molecular weight is 326 g/mol. The Morgan fingerprint density at radius 3 is 2.87 bits per heavy atom. The van der Waals surface area contributed by atoms with Crippen molar-refractivity contribution in [1.82, 2.24) is 25.8 Å². The zero-order valence-corrected chi connectivity index (χ0v) is 13.6. The maximum atomic E-state index is 4.25. The highest BCUT2D eigenvalue weighted by Gasteiger charge is 2.03. The zero-order chi connectivity index (χ0) is 15.9. The van der Waals surface area contributed by atoms with Gasteiger partial charge in [0.2, 0.25) is 0 Å². The highest BCUT2D eigenvalue weighted by molar-refractivity contribution is 7.09. The number of nitrogens with one attached hydrogen (secondary N) is 3. The molecular formula is C16H18N6S. The SMILES string of the molecule is CN=C(NCc1cccc(-c2ncn[nH]2)c1)NCc1cccs1. The van der Waals surface area contributed by atoms with Gasteiger partial charge in [-0.05, 0) is 23.1 Å². The maximum Gasteiger partial charge on any atom is 0.191 e. The first-order chi connectivity index (χ1) is 11.3. The van der Waals surface area contributed by atoms with Gasteiger partial charge in [-0.3, -0.25) is 10.1 Å². The quantitative estimate of drug-likeness (QED) is 0.497. The minimum absolute atomic E-state index is 0.687. The summed E-state index contributed by atoms with van der Waals surface area (Å²) in [5.41, 5.74) is 2.17. The lowest BCUT2D eigenvalue weighted by molar-refractivity contribution is 0.815. The Balaban J connectivity index is 1.57. The number of hydrogen-bond acceptors (Lipinski definition) is 4. The van der Waals surface area contributed by atoms with Crippen LogP contribution < -0.4 is 10.6 Å². The molecule has 0 bridgehead atoms. The summed E-state index contributed by atoms with van der Waals surface area (Å²) in [5, 5.41) is 15.5. The fourth-order valence-electron chi connectivity index (χ4n) is 2.16. The Bertz CT molecular complexity index is 749. The van der Waals surface area contributed by atoms with Crippen LogP contribution in [0.15, 0.2) is 53.1 Å². The van der Waals surface area contributed by atoms with Crippen molar-refractivity contribution in [3.63, 3.8) is 0 Å². The van der Waals surface area contributed by atoms with Gasteiger partial charge in [-0.15, -0.1) is 11.3 Å². The van der Waals surface area contributed by atoms with Gasteiger partial charge in [0.15, 0.2) is 11.8 Å². The van der Waals surface area contributed by atoms with Crippen molar-refractivity contribution < 1.29 is 0 Å². The normalized spacial score (nSPS) is 11.4. The molecule has 0 saturated heterocycles. The number of benzene rings is 1. The van der Waals surface area contributed by atoms with E-state index in [4.69, 9.17) is 0 Å². The summed E-state index contributed by atoms with van der Waals surface area (Å²) in [7, 11) is 1.77. The molecule has 0 unspecified atom stereocenters. The number of aromatic amines is 1. The molecule has 3 N–H and O–H groups in total. The van der Waals surface area contributed by atoms with E-state index in [0.717, 1.165) is 29.5 Å². The molecule has 0 spiro atoms. The number of nitrogens with zero attached hydrogens (tertiary/aromatic N) is 3. The zero-order valence-electron chi connectivity index (χ0n) is 12.8. The standard InChI is InChI=1S/C16H18N6S/c1-17-16(19-10-14-6-3-7-23-14)18-9-12-4-2-5-13(8-12)15-20-11-21-22-15/h2-8,11H,9-10H2,1H3,(H2,17,18,19)(H,20,21,22). The van der Waals surface area contributed by atoms with E-state index in [2.05, 4.69) is 54.4 Å². The predicted octanol–water partition coefficient (Wildman–Crippen LogP) is 2.40. The first kappa shape index (κ1) is 15.2. The number of guanidine groups is 1. The maximum absolute atomic E-state index is 4.25. The van der Waals surface area contributed by atoms with Crippen molar-refractivity contribution in [2.75, 3.05) is 7.05 Å². The molecule has 0 fully saturated rings. The van der Waals surface area contributed by atoms with Gasteiger partial charge in [0, 0.05) is 24.0 Å². The van der Waals surface area contributed by atoms with Gasteiger partial charge in [0.25, 0.3) is 0 Å². The summed E-state index contributed by atoms with van der Waals surface area (Å²) in [4.78, 5) is 9.70. The van der Waals surface area contributed by atoms with Crippen LogP contribution in [0.1, 0.15) is 10.4 Å². The summed E-state index contributed by atoms with van der Waals surface area (Å²) >= 11 is 1.73. The first-order valence-corrected chi connectivity index (χ1v) is 8.14. The summed E-state index contributed by atoms with van der Waals surface area (Å²) in [6, 6.07) is 12.3. The molecule has 0 aliphatic heterocycles. The fourth-order valence-corrected chi connectivity index (χ4v) is 2.81. The number of aromatic nitrogens is 3. The molecular weight excluding hydrogens is 308 g/mol. The van der Waals surface area contributed by atoms with Crippen LogP contribution >= 0.6 is 11.3 Å². The third-order valence-electron chi connectivity index (χ3n) is 3.31. The Morgan fingerprint density at radius 1 is 1.22 bits per heavy atom. The Hall–Kier alpha value is -2.67. The Labute approximate surface area is 138 Å². The molecule has 0 aliphatic rings. The summed E-state index contributed by atoms with van der Waals surface area (Å²) in [5.74, 6) is 1.55. The predicted molar refractivity (Wildman–Crippen MR) is 93.2 cm³/mol. The van der Waals surface area contributed by atoms with Gasteiger partial charge in [0.05, 0.1) is 6.54 Å².